The SMILES string of the molecule is NC(=O)OCCNC(=O)c1ccc(Br)cc1. The van der Waals surface area contributed by atoms with Crippen LogP contribution in [0.1, 0.15) is 10.4 Å². The summed E-state index contributed by atoms with van der Waals surface area (Å²) in [6, 6.07) is 6.92. The van der Waals surface area contributed by atoms with Crippen LogP contribution in [0.3, 0.4) is 0 Å². The second-order valence-corrected chi connectivity index (χ2v) is 3.85. The summed E-state index contributed by atoms with van der Waals surface area (Å²) in [4.78, 5) is 21.7. The highest BCUT2D eigenvalue weighted by atomic mass is 79.9. The summed E-state index contributed by atoms with van der Waals surface area (Å²) in [5, 5.41) is 2.59. The van der Waals surface area contributed by atoms with Crippen molar-refractivity contribution in [2.45, 2.75) is 0 Å². The number of carbonyl (C=O) groups excluding carboxylic acids is 2. The second kappa shape index (κ2) is 6.12. The zero-order valence-electron chi connectivity index (χ0n) is 8.40. The molecule has 6 heteroatoms. The lowest BCUT2D eigenvalue weighted by atomic mass is 10.2. The lowest BCUT2D eigenvalue weighted by Gasteiger charge is -2.05. The molecule has 0 atom stereocenters. The summed E-state index contributed by atoms with van der Waals surface area (Å²) in [6.07, 6.45) is -0.849. The van der Waals surface area contributed by atoms with E-state index in [2.05, 4.69) is 26.0 Å². The summed E-state index contributed by atoms with van der Waals surface area (Å²) >= 11 is 3.27. The largest absolute Gasteiger partial charge is 0.448 e. The Balaban J connectivity index is 2.35. The maximum atomic E-state index is 11.5. The Morgan fingerprint density at radius 3 is 2.50 bits per heavy atom. The molecule has 16 heavy (non-hydrogen) atoms. The minimum absolute atomic E-state index is 0.0671. The lowest BCUT2D eigenvalue weighted by Crippen LogP contribution is -2.28. The second-order valence-electron chi connectivity index (χ2n) is 2.93. The van der Waals surface area contributed by atoms with Gasteiger partial charge in [-0.3, -0.25) is 4.79 Å². The third-order valence-electron chi connectivity index (χ3n) is 1.74. The zero-order chi connectivity index (χ0) is 12.0. The smallest absolute Gasteiger partial charge is 0.404 e. The monoisotopic (exact) mass is 286 g/mol. The van der Waals surface area contributed by atoms with E-state index in [1.54, 1.807) is 24.3 Å². The van der Waals surface area contributed by atoms with Crippen LogP contribution in [0.2, 0.25) is 0 Å². The molecule has 86 valence electrons. The average molecular weight is 287 g/mol. The number of nitrogens with one attached hydrogen (secondary N) is 1. The number of nitrogens with two attached hydrogens (primary N) is 1. The van der Waals surface area contributed by atoms with E-state index in [4.69, 9.17) is 5.73 Å². The van der Waals surface area contributed by atoms with Crippen molar-refractivity contribution >= 4 is 27.9 Å². The van der Waals surface area contributed by atoms with Crippen LogP contribution in [0.4, 0.5) is 4.79 Å². The fourth-order valence-corrected chi connectivity index (χ4v) is 1.28. The van der Waals surface area contributed by atoms with Gasteiger partial charge < -0.3 is 15.8 Å². The fourth-order valence-electron chi connectivity index (χ4n) is 1.02. The van der Waals surface area contributed by atoms with E-state index in [1.165, 1.54) is 0 Å². The standard InChI is InChI=1S/C10H11BrN2O3/c11-8-3-1-7(2-4-8)9(14)13-5-6-16-10(12)15/h1-4H,5-6H2,(H2,12,15)(H,13,14). The molecule has 0 saturated heterocycles. The molecule has 0 spiro atoms. The minimum atomic E-state index is -0.849. The van der Waals surface area contributed by atoms with Gasteiger partial charge in [0, 0.05) is 10.0 Å². The molecule has 3 N–H and O–H groups in total. The Hall–Kier alpha value is -1.56. The van der Waals surface area contributed by atoms with Gasteiger partial charge in [-0.1, -0.05) is 15.9 Å². The van der Waals surface area contributed by atoms with Crippen molar-refractivity contribution in [3.05, 3.63) is 34.3 Å². The Morgan fingerprint density at radius 1 is 1.31 bits per heavy atom. The molecule has 5 nitrogen and oxygen atoms in total. The summed E-state index contributed by atoms with van der Waals surface area (Å²) < 4.78 is 5.37. The zero-order valence-corrected chi connectivity index (χ0v) is 9.99. The van der Waals surface area contributed by atoms with Gasteiger partial charge in [0.15, 0.2) is 0 Å². The Morgan fingerprint density at radius 2 is 1.94 bits per heavy atom. The van der Waals surface area contributed by atoms with Crippen LogP contribution in [0.15, 0.2) is 28.7 Å². The molecule has 1 rings (SSSR count). The maximum absolute atomic E-state index is 11.5. The van der Waals surface area contributed by atoms with Gasteiger partial charge in [-0.2, -0.15) is 0 Å². The van der Waals surface area contributed by atoms with Gasteiger partial charge in [-0.05, 0) is 24.3 Å². The molecule has 0 radical (unpaired) electrons. The van der Waals surface area contributed by atoms with Crippen LogP contribution < -0.4 is 11.1 Å². The predicted octanol–water partition coefficient (Wildman–Crippen LogP) is 1.27. The molecular formula is C10H11BrN2O3. The number of amides is 2. The van der Waals surface area contributed by atoms with E-state index in [0.29, 0.717) is 5.56 Å². The van der Waals surface area contributed by atoms with Gasteiger partial charge >= 0.3 is 6.09 Å². The maximum Gasteiger partial charge on any atom is 0.404 e. The number of benzene rings is 1. The summed E-state index contributed by atoms with van der Waals surface area (Å²) in [5.41, 5.74) is 5.30. The van der Waals surface area contributed by atoms with E-state index >= 15 is 0 Å². The van der Waals surface area contributed by atoms with Crippen molar-refractivity contribution in [1.29, 1.82) is 0 Å². The van der Waals surface area contributed by atoms with Gasteiger partial charge in [-0.25, -0.2) is 4.79 Å². The van der Waals surface area contributed by atoms with Crippen molar-refractivity contribution in [1.82, 2.24) is 5.32 Å². The van der Waals surface area contributed by atoms with Crippen molar-refractivity contribution in [3.8, 4) is 0 Å². The molecule has 1 aromatic carbocycles. The number of primary amides is 1. The molecule has 0 heterocycles. The Bertz CT molecular complexity index is 378. The first-order chi connectivity index (χ1) is 7.59. The van der Waals surface area contributed by atoms with Gasteiger partial charge in [0.2, 0.25) is 0 Å². The van der Waals surface area contributed by atoms with Crippen molar-refractivity contribution < 1.29 is 14.3 Å². The Labute approximate surface area is 101 Å². The molecule has 2 amide bonds. The lowest BCUT2D eigenvalue weighted by molar-refractivity contribution is 0.0937. The van der Waals surface area contributed by atoms with Crippen LogP contribution >= 0.6 is 15.9 Å². The third-order valence-corrected chi connectivity index (χ3v) is 2.27. The molecule has 0 saturated carbocycles. The normalized spacial score (nSPS) is 9.56. The molecule has 0 aliphatic carbocycles. The average Bonchev–Trinajstić information content (AvgIpc) is 2.25. The van der Waals surface area contributed by atoms with Gasteiger partial charge in [0.1, 0.15) is 6.61 Å². The number of hydrogen-bond acceptors (Lipinski definition) is 3. The van der Waals surface area contributed by atoms with E-state index < -0.39 is 6.09 Å². The molecule has 0 fully saturated rings. The number of carbonyl (C=O) groups is 2. The van der Waals surface area contributed by atoms with Crippen LogP contribution in [0.5, 0.6) is 0 Å². The van der Waals surface area contributed by atoms with Crippen LogP contribution in [-0.4, -0.2) is 25.2 Å². The number of hydrogen-bond donors (Lipinski definition) is 2. The number of ether oxygens (including phenoxy) is 1. The quantitative estimate of drug-likeness (QED) is 0.818. The van der Waals surface area contributed by atoms with E-state index in [9.17, 15) is 9.59 Å². The predicted molar refractivity (Wildman–Crippen MR) is 62.0 cm³/mol. The van der Waals surface area contributed by atoms with Crippen molar-refractivity contribution in [3.63, 3.8) is 0 Å². The topological polar surface area (TPSA) is 81.4 Å². The molecular weight excluding hydrogens is 276 g/mol. The highest BCUT2D eigenvalue weighted by molar-refractivity contribution is 9.10. The highest BCUT2D eigenvalue weighted by Gasteiger charge is 2.04. The van der Waals surface area contributed by atoms with Crippen LogP contribution in [-0.2, 0) is 4.74 Å². The van der Waals surface area contributed by atoms with Gasteiger partial charge in [-0.15, -0.1) is 0 Å². The summed E-state index contributed by atoms with van der Waals surface area (Å²) in [7, 11) is 0. The molecule has 0 unspecified atom stereocenters. The van der Waals surface area contributed by atoms with Gasteiger partial charge in [0.05, 0.1) is 6.54 Å². The minimum Gasteiger partial charge on any atom is -0.448 e. The summed E-state index contributed by atoms with van der Waals surface area (Å²) in [6.45, 7) is 0.301. The first-order valence-corrected chi connectivity index (χ1v) is 5.35. The van der Waals surface area contributed by atoms with Crippen molar-refractivity contribution in [2.75, 3.05) is 13.2 Å². The fraction of sp³-hybridized carbons (Fsp3) is 0.200. The molecule has 0 aliphatic rings. The third kappa shape index (κ3) is 4.31. The van der Waals surface area contributed by atoms with Crippen LogP contribution in [0.25, 0.3) is 0 Å². The first-order valence-electron chi connectivity index (χ1n) is 4.55. The van der Waals surface area contributed by atoms with Gasteiger partial charge in [0.25, 0.3) is 5.91 Å². The molecule has 0 aliphatic heterocycles. The number of halogens is 1. The van der Waals surface area contributed by atoms with Crippen molar-refractivity contribution in [2.24, 2.45) is 5.73 Å². The van der Waals surface area contributed by atoms with Crippen LogP contribution in [0, 0.1) is 0 Å². The van der Waals surface area contributed by atoms with E-state index in [0.717, 1.165) is 4.47 Å². The van der Waals surface area contributed by atoms with E-state index in [1.807, 2.05) is 0 Å². The highest BCUT2D eigenvalue weighted by Crippen LogP contribution is 2.10. The molecule has 1 aromatic rings. The molecule has 0 bridgehead atoms. The summed E-state index contributed by atoms with van der Waals surface area (Å²) in [5.74, 6) is -0.222. The molecule has 0 aromatic heterocycles. The Kier molecular flexibility index (Phi) is 4.78. The first kappa shape index (κ1) is 12.5. The van der Waals surface area contributed by atoms with E-state index in [-0.39, 0.29) is 19.1 Å². The number of rotatable bonds is 4.